The Kier molecular flexibility index (Phi) is 6.51. The van der Waals surface area contributed by atoms with Gasteiger partial charge in [-0.2, -0.15) is 13.2 Å². The zero-order valence-corrected chi connectivity index (χ0v) is 17.3. The highest BCUT2D eigenvalue weighted by molar-refractivity contribution is 5.84. The number of hydrogen-bond donors (Lipinski definition) is 0. The van der Waals surface area contributed by atoms with Crippen LogP contribution >= 0.6 is 0 Å². The fourth-order valence-corrected chi connectivity index (χ4v) is 5.02. The van der Waals surface area contributed by atoms with Gasteiger partial charge in [0.1, 0.15) is 11.6 Å². The number of nitrogens with zero attached hydrogens (tertiary/aromatic N) is 3. The van der Waals surface area contributed by atoms with E-state index in [0.717, 1.165) is 89.4 Å². The molecule has 0 amide bonds. The number of piperazine rings is 1. The molecule has 4 rings (SSSR count). The van der Waals surface area contributed by atoms with Gasteiger partial charge < -0.3 is 9.64 Å². The van der Waals surface area contributed by atoms with Crippen molar-refractivity contribution in [1.82, 2.24) is 9.88 Å². The van der Waals surface area contributed by atoms with Gasteiger partial charge in [0, 0.05) is 50.8 Å². The predicted octanol–water partition coefficient (Wildman–Crippen LogP) is 3.86. The molecule has 30 heavy (non-hydrogen) atoms. The van der Waals surface area contributed by atoms with Crippen LogP contribution in [0.5, 0.6) is 5.75 Å². The summed E-state index contributed by atoms with van der Waals surface area (Å²) in [5, 5.41) is 0. The fourth-order valence-electron chi connectivity index (χ4n) is 5.02. The van der Waals surface area contributed by atoms with Crippen LogP contribution in [0.1, 0.15) is 44.1 Å². The number of alkyl halides is 3. The van der Waals surface area contributed by atoms with Crippen molar-refractivity contribution in [3.8, 4) is 5.75 Å². The van der Waals surface area contributed by atoms with Gasteiger partial charge in [-0.05, 0) is 43.7 Å². The Bertz CT molecular complexity index is 740. The van der Waals surface area contributed by atoms with E-state index in [1.807, 2.05) is 12.3 Å². The highest BCUT2D eigenvalue weighted by atomic mass is 19.4. The number of rotatable bonds is 6. The first-order valence-electron chi connectivity index (χ1n) is 11.1. The standard InChI is InChI=1S/C22H30F3N3O2/c23-22(24,25)20(29)15-17-3-1-16(2-4-17)6-9-27-10-12-28(13-11-27)21-18-7-14-30-19(18)5-8-26-21/h5,8,16-17H,1-4,6-7,9-15H2. The van der Waals surface area contributed by atoms with Gasteiger partial charge in [0.05, 0.1) is 6.61 Å². The van der Waals surface area contributed by atoms with E-state index in [9.17, 15) is 18.0 Å². The number of carbonyl (C=O) groups is 1. The Labute approximate surface area is 175 Å². The van der Waals surface area contributed by atoms with E-state index in [1.165, 1.54) is 5.56 Å². The number of anilines is 1. The number of carbonyl (C=O) groups excluding carboxylic acids is 1. The molecule has 0 bridgehead atoms. The second-order valence-corrected chi connectivity index (χ2v) is 8.84. The predicted molar refractivity (Wildman–Crippen MR) is 108 cm³/mol. The van der Waals surface area contributed by atoms with Crippen LogP contribution in [0.2, 0.25) is 0 Å². The summed E-state index contributed by atoms with van der Waals surface area (Å²) in [7, 11) is 0. The second kappa shape index (κ2) is 9.12. The number of halogens is 3. The minimum Gasteiger partial charge on any atom is -0.493 e. The van der Waals surface area contributed by atoms with E-state index in [2.05, 4.69) is 14.8 Å². The molecule has 0 spiro atoms. The molecule has 1 saturated carbocycles. The highest BCUT2D eigenvalue weighted by Crippen LogP contribution is 2.35. The van der Waals surface area contributed by atoms with Gasteiger partial charge in [-0.1, -0.05) is 12.8 Å². The van der Waals surface area contributed by atoms with Crippen molar-refractivity contribution < 1.29 is 22.7 Å². The summed E-state index contributed by atoms with van der Waals surface area (Å²) in [5.41, 5.74) is 1.23. The van der Waals surface area contributed by atoms with Crippen LogP contribution in [-0.4, -0.2) is 61.2 Å². The van der Waals surface area contributed by atoms with Gasteiger partial charge in [-0.15, -0.1) is 0 Å². The van der Waals surface area contributed by atoms with Crippen LogP contribution < -0.4 is 9.64 Å². The van der Waals surface area contributed by atoms with Crippen LogP contribution in [0.25, 0.3) is 0 Å². The van der Waals surface area contributed by atoms with Crippen LogP contribution in [0.4, 0.5) is 19.0 Å². The maximum Gasteiger partial charge on any atom is 0.449 e. The quantitative estimate of drug-likeness (QED) is 0.693. The highest BCUT2D eigenvalue weighted by Gasteiger charge is 2.39. The number of Topliss-reactive ketones (excluding diaryl/α,β-unsaturated/α-hetero) is 1. The lowest BCUT2D eigenvalue weighted by Crippen LogP contribution is -2.47. The van der Waals surface area contributed by atoms with Crippen molar-refractivity contribution in [3.63, 3.8) is 0 Å². The summed E-state index contributed by atoms with van der Waals surface area (Å²) < 4.78 is 43.0. The summed E-state index contributed by atoms with van der Waals surface area (Å²) in [6.45, 7) is 5.68. The van der Waals surface area contributed by atoms with E-state index < -0.39 is 12.0 Å². The SMILES string of the molecule is O=C(CC1CCC(CCN2CCN(c3nccc4c3CCO4)CC2)CC1)C(F)(F)F. The minimum atomic E-state index is -4.68. The second-order valence-electron chi connectivity index (χ2n) is 8.84. The van der Waals surface area contributed by atoms with Gasteiger partial charge in [0.25, 0.3) is 0 Å². The van der Waals surface area contributed by atoms with Crippen LogP contribution in [0.15, 0.2) is 12.3 Å². The van der Waals surface area contributed by atoms with Gasteiger partial charge in [0.15, 0.2) is 0 Å². The van der Waals surface area contributed by atoms with Crippen LogP contribution in [0, 0.1) is 11.8 Å². The molecule has 166 valence electrons. The molecule has 1 aromatic rings. The van der Waals surface area contributed by atoms with E-state index in [4.69, 9.17) is 4.74 Å². The number of aromatic nitrogens is 1. The molecule has 0 aromatic carbocycles. The van der Waals surface area contributed by atoms with Crippen molar-refractivity contribution in [2.75, 3.05) is 44.2 Å². The van der Waals surface area contributed by atoms with Crippen LogP contribution in [-0.2, 0) is 11.2 Å². The molecule has 0 radical (unpaired) electrons. The molecule has 1 aromatic heterocycles. The normalized spacial score (nSPS) is 25.1. The molecule has 1 saturated heterocycles. The average molecular weight is 425 g/mol. The lowest BCUT2D eigenvalue weighted by atomic mass is 9.78. The lowest BCUT2D eigenvalue weighted by Gasteiger charge is -2.37. The van der Waals surface area contributed by atoms with E-state index >= 15 is 0 Å². The minimum absolute atomic E-state index is 0.0944. The van der Waals surface area contributed by atoms with Crippen molar-refractivity contribution in [1.29, 1.82) is 0 Å². The first-order valence-corrected chi connectivity index (χ1v) is 11.1. The number of pyridine rings is 1. The van der Waals surface area contributed by atoms with E-state index in [1.54, 1.807) is 0 Å². The van der Waals surface area contributed by atoms with Gasteiger partial charge in [-0.25, -0.2) is 4.98 Å². The molecule has 0 unspecified atom stereocenters. The molecule has 1 aliphatic carbocycles. The smallest absolute Gasteiger partial charge is 0.449 e. The van der Waals surface area contributed by atoms with Crippen molar-refractivity contribution >= 4 is 11.6 Å². The molecule has 3 aliphatic rings. The number of fused-ring (bicyclic) bond motifs is 1. The fraction of sp³-hybridized carbons (Fsp3) is 0.727. The number of ketones is 1. The average Bonchev–Trinajstić information content (AvgIpc) is 3.22. The first kappa shape index (κ1) is 21.4. The van der Waals surface area contributed by atoms with Crippen LogP contribution in [0.3, 0.4) is 0 Å². The Balaban J connectivity index is 1.17. The molecule has 8 heteroatoms. The monoisotopic (exact) mass is 425 g/mol. The largest absolute Gasteiger partial charge is 0.493 e. The lowest BCUT2D eigenvalue weighted by molar-refractivity contribution is -0.172. The van der Waals surface area contributed by atoms with Crippen molar-refractivity contribution in [3.05, 3.63) is 17.8 Å². The Hall–Kier alpha value is -1.83. The van der Waals surface area contributed by atoms with Crippen molar-refractivity contribution in [2.45, 2.75) is 51.1 Å². The van der Waals surface area contributed by atoms with Gasteiger partial charge >= 0.3 is 6.18 Å². The molecule has 3 heterocycles. The molecule has 5 nitrogen and oxygen atoms in total. The maximum atomic E-state index is 12.4. The summed E-state index contributed by atoms with van der Waals surface area (Å²) in [6.07, 6.45) is 2.20. The third-order valence-corrected chi connectivity index (χ3v) is 6.88. The molecular weight excluding hydrogens is 395 g/mol. The molecule has 2 fully saturated rings. The summed E-state index contributed by atoms with van der Waals surface area (Å²) in [5.74, 6) is 0.944. The molecular formula is C22H30F3N3O2. The third kappa shape index (κ3) is 5.07. The van der Waals surface area contributed by atoms with E-state index in [-0.39, 0.29) is 12.3 Å². The maximum absolute atomic E-state index is 12.4. The Morgan fingerprint density at radius 1 is 1.10 bits per heavy atom. The Morgan fingerprint density at radius 2 is 1.80 bits per heavy atom. The first-order chi connectivity index (χ1) is 14.4. The number of ether oxygens (including phenoxy) is 1. The van der Waals surface area contributed by atoms with E-state index in [0.29, 0.717) is 5.92 Å². The number of hydrogen-bond acceptors (Lipinski definition) is 5. The van der Waals surface area contributed by atoms with Gasteiger partial charge in [0.2, 0.25) is 5.78 Å². The summed E-state index contributed by atoms with van der Waals surface area (Å²) >= 11 is 0. The molecule has 0 N–H and O–H groups in total. The topological polar surface area (TPSA) is 45.7 Å². The molecule has 0 atom stereocenters. The zero-order chi connectivity index (χ0) is 21.1. The van der Waals surface area contributed by atoms with Crippen molar-refractivity contribution in [2.24, 2.45) is 11.8 Å². The summed E-state index contributed by atoms with van der Waals surface area (Å²) in [6, 6.07) is 1.94. The van der Waals surface area contributed by atoms with Gasteiger partial charge in [-0.3, -0.25) is 9.69 Å². The summed E-state index contributed by atoms with van der Waals surface area (Å²) in [4.78, 5) is 20.6. The third-order valence-electron chi connectivity index (χ3n) is 6.88. The Morgan fingerprint density at radius 3 is 2.50 bits per heavy atom. The zero-order valence-electron chi connectivity index (χ0n) is 17.3. The molecule has 2 aliphatic heterocycles.